The van der Waals surface area contributed by atoms with Crippen LogP contribution in [-0.2, 0) is 10.2 Å². The summed E-state index contributed by atoms with van der Waals surface area (Å²) in [6, 6.07) is 20.5. The third-order valence-corrected chi connectivity index (χ3v) is 7.15. The lowest BCUT2D eigenvalue weighted by atomic mass is 9.64. The summed E-state index contributed by atoms with van der Waals surface area (Å²) in [4.78, 5) is 13.3. The van der Waals surface area contributed by atoms with E-state index >= 15 is 0 Å². The number of amides is 1. The number of imidazole rings is 1. The Morgan fingerprint density at radius 1 is 1.06 bits per heavy atom. The van der Waals surface area contributed by atoms with E-state index in [-0.39, 0.29) is 11.8 Å². The van der Waals surface area contributed by atoms with Crippen LogP contribution in [0.3, 0.4) is 0 Å². The molecule has 0 aliphatic heterocycles. The molecule has 2 aromatic carbocycles. The second kappa shape index (κ2) is 8.54. The molecule has 1 aliphatic rings. The van der Waals surface area contributed by atoms with Gasteiger partial charge < -0.3 is 5.73 Å². The predicted molar refractivity (Wildman–Crippen MR) is 124 cm³/mol. The van der Waals surface area contributed by atoms with Gasteiger partial charge in [-0.05, 0) is 56.2 Å². The molecule has 4 nitrogen and oxygen atoms in total. The van der Waals surface area contributed by atoms with Crippen LogP contribution in [0.1, 0.15) is 56.1 Å². The number of rotatable bonds is 6. The topological polar surface area (TPSA) is 51.9 Å². The molecular weight excluding hydrogens is 382 g/mol. The summed E-state index contributed by atoms with van der Waals surface area (Å²) in [7, 11) is 0. The van der Waals surface area contributed by atoms with Crippen molar-refractivity contribution in [1.82, 2.24) is 4.57 Å². The van der Waals surface area contributed by atoms with Gasteiger partial charge in [0.25, 0.3) is 5.82 Å². The van der Waals surface area contributed by atoms with E-state index in [1.54, 1.807) is 0 Å². The van der Waals surface area contributed by atoms with Crippen LogP contribution in [-0.4, -0.2) is 10.5 Å². The number of benzene rings is 2. The Hall–Kier alpha value is -3.14. The van der Waals surface area contributed by atoms with Crippen LogP contribution in [0.2, 0.25) is 0 Å². The van der Waals surface area contributed by atoms with Gasteiger partial charge in [-0.3, -0.25) is 4.79 Å². The van der Waals surface area contributed by atoms with Crippen LogP contribution < -0.4 is 10.3 Å². The van der Waals surface area contributed by atoms with Crippen LogP contribution in [0.5, 0.6) is 0 Å². The van der Waals surface area contributed by atoms with Gasteiger partial charge in [0.05, 0.1) is 0 Å². The van der Waals surface area contributed by atoms with Crippen molar-refractivity contribution in [3.63, 3.8) is 0 Å². The number of hydrogen-bond donors (Lipinski definition) is 1. The molecule has 4 heteroatoms. The molecule has 1 fully saturated rings. The molecule has 0 unspecified atom stereocenters. The van der Waals surface area contributed by atoms with Gasteiger partial charge in [-0.2, -0.15) is 0 Å². The van der Waals surface area contributed by atoms with Gasteiger partial charge in [0, 0.05) is 6.92 Å². The Labute approximate surface area is 185 Å². The fourth-order valence-electron chi connectivity index (χ4n) is 5.51. The predicted octanol–water partition coefficient (Wildman–Crippen LogP) is 4.78. The van der Waals surface area contributed by atoms with Crippen molar-refractivity contribution in [3.05, 3.63) is 96.1 Å². The first-order chi connectivity index (χ1) is 15.0. The molecule has 1 aromatic heterocycles. The van der Waals surface area contributed by atoms with E-state index in [4.69, 9.17) is 5.73 Å². The van der Waals surface area contributed by atoms with Crippen molar-refractivity contribution in [2.45, 2.75) is 51.5 Å². The van der Waals surface area contributed by atoms with Gasteiger partial charge in [0.1, 0.15) is 29.5 Å². The van der Waals surface area contributed by atoms with Crippen molar-refractivity contribution < 1.29 is 9.36 Å². The van der Waals surface area contributed by atoms with Crippen molar-refractivity contribution in [2.75, 3.05) is 0 Å². The van der Waals surface area contributed by atoms with Crippen LogP contribution in [0.15, 0.2) is 79.1 Å². The zero-order valence-corrected chi connectivity index (χ0v) is 18.7. The van der Waals surface area contributed by atoms with Gasteiger partial charge >= 0.3 is 0 Å². The largest absolute Gasteiger partial charge is 0.369 e. The maximum absolute atomic E-state index is 13.3. The van der Waals surface area contributed by atoms with Crippen molar-refractivity contribution in [2.24, 2.45) is 11.7 Å². The van der Waals surface area contributed by atoms with Crippen LogP contribution in [0.4, 0.5) is 0 Å². The molecule has 0 spiro atoms. The van der Waals surface area contributed by atoms with Gasteiger partial charge in [-0.25, -0.2) is 9.13 Å². The van der Waals surface area contributed by atoms with Gasteiger partial charge in [0.15, 0.2) is 0 Å². The maximum Gasteiger partial charge on any atom is 0.258 e. The van der Waals surface area contributed by atoms with E-state index in [1.807, 2.05) is 36.4 Å². The Morgan fingerprint density at radius 3 is 2.16 bits per heavy atom. The number of carbonyl (C=O) groups excluding carboxylic acids is 1. The molecule has 1 amide bonds. The molecule has 31 heavy (non-hydrogen) atoms. The number of primary amides is 1. The Balaban J connectivity index is 1.77. The molecule has 0 radical (unpaired) electrons. The lowest BCUT2D eigenvalue weighted by molar-refractivity contribution is -0.726. The summed E-state index contributed by atoms with van der Waals surface area (Å²) in [6.07, 6.45) is 9.33. The molecule has 1 saturated carbocycles. The maximum atomic E-state index is 13.3. The number of hydrogen-bond acceptors (Lipinski definition) is 1. The number of nitrogens with zero attached hydrogens (tertiary/aromatic N) is 2. The van der Waals surface area contributed by atoms with Gasteiger partial charge in [-0.15, -0.1) is 0 Å². The smallest absolute Gasteiger partial charge is 0.258 e. The summed E-state index contributed by atoms with van der Waals surface area (Å²) < 4.78 is 4.60. The number of allylic oxidation sites excluding steroid dienone is 2. The molecule has 0 bridgehead atoms. The fraction of sp³-hybridized carbons (Fsp3) is 0.333. The third-order valence-electron chi connectivity index (χ3n) is 7.15. The minimum absolute atomic E-state index is 0.137. The average molecular weight is 415 g/mol. The lowest BCUT2D eigenvalue weighted by Gasteiger charge is -2.37. The van der Waals surface area contributed by atoms with Crippen LogP contribution in [0, 0.1) is 12.8 Å². The summed E-state index contributed by atoms with van der Waals surface area (Å²) in [5.41, 5.74) is 8.60. The molecule has 1 aliphatic carbocycles. The Morgan fingerprint density at radius 2 is 1.65 bits per heavy atom. The minimum atomic E-state index is -0.826. The molecule has 3 aromatic rings. The first-order valence-electron chi connectivity index (χ1n) is 11.1. The monoisotopic (exact) mass is 414 g/mol. The van der Waals surface area contributed by atoms with Crippen molar-refractivity contribution in [1.29, 1.82) is 0 Å². The molecule has 0 saturated heterocycles. The molecule has 160 valence electrons. The molecule has 1 heterocycles. The van der Waals surface area contributed by atoms with Crippen molar-refractivity contribution >= 4 is 11.6 Å². The normalized spacial score (nSPS) is 19.5. The summed E-state index contributed by atoms with van der Waals surface area (Å²) in [6.45, 7) is 6.35. The van der Waals surface area contributed by atoms with E-state index in [0.29, 0.717) is 6.04 Å². The van der Waals surface area contributed by atoms with Crippen LogP contribution >= 0.6 is 0 Å². The van der Waals surface area contributed by atoms with E-state index in [0.717, 1.165) is 30.4 Å². The van der Waals surface area contributed by atoms with Crippen LogP contribution in [0.25, 0.3) is 5.70 Å². The van der Waals surface area contributed by atoms with E-state index in [1.165, 1.54) is 11.5 Å². The highest BCUT2D eigenvalue weighted by atomic mass is 16.1. The lowest BCUT2D eigenvalue weighted by Crippen LogP contribution is -2.48. The molecule has 4 rings (SSSR count). The zero-order chi connectivity index (χ0) is 22.0. The number of nitrogens with two attached hydrogens (primary N) is 1. The minimum Gasteiger partial charge on any atom is -0.369 e. The highest BCUT2D eigenvalue weighted by Crippen LogP contribution is 2.48. The summed E-state index contributed by atoms with van der Waals surface area (Å²) >= 11 is 0. The standard InChI is InChI=1S/C27H31N3O/c1-4-20(2)29-17-18-30(21(29)3)25-16-15-24(19-25)27(26(28)31,22-11-7-5-8-12-22)23-13-9-6-10-14-23/h4-14,17-18,24-25H,15-16,19H2,1-3H3,(H-,28,31)/p+1/t24-,25+/m0/s1. The van der Waals surface area contributed by atoms with Gasteiger partial charge in [-0.1, -0.05) is 60.7 Å². The molecular formula is C27H32N3O+. The third kappa shape index (κ3) is 3.50. The fourth-order valence-corrected chi connectivity index (χ4v) is 5.51. The van der Waals surface area contributed by atoms with Crippen molar-refractivity contribution in [3.8, 4) is 0 Å². The summed E-state index contributed by atoms with van der Waals surface area (Å²) in [5, 5.41) is 0. The second-order valence-electron chi connectivity index (χ2n) is 8.62. The van der Waals surface area contributed by atoms with Gasteiger partial charge in [0.2, 0.25) is 5.91 Å². The number of carbonyl (C=O) groups is 1. The highest BCUT2D eigenvalue weighted by Gasteiger charge is 2.51. The zero-order valence-electron chi connectivity index (χ0n) is 18.7. The Kier molecular flexibility index (Phi) is 5.81. The van der Waals surface area contributed by atoms with E-state index in [9.17, 15) is 4.79 Å². The van der Waals surface area contributed by atoms with E-state index < -0.39 is 5.41 Å². The number of aromatic nitrogens is 2. The second-order valence-corrected chi connectivity index (χ2v) is 8.62. The Bertz CT molecular complexity index is 1040. The highest BCUT2D eigenvalue weighted by molar-refractivity contribution is 5.91. The van der Waals surface area contributed by atoms with E-state index in [2.05, 4.69) is 72.6 Å². The first kappa shape index (κ1) is 21.1. The molecule has 2 N–H and O–H groups in total. The molecule has 2 atom stereocenters. The quantitative estimate of drug-likeness (QED) is 0.580. The SMILES string of the molecule is CC=C(C)n1cc[n+]([C@@H]2CC[C@H](C(C(N)=O)(c3ccccc3)c3ccccc3)C2)c1C. The summed E-state index contributed by atoms with van der Waals surface area (Å²) in [5.74, 6) is 1.09. The average Bonchev–Trinajstić information content (AvgIpc) is 3.42. The first-order valence-corrected chi connectivity index (χ1v) is 11.1.